The summed E-state index contributed by atoms with van der Waals surface area (Å²) in [6.07, 6.45) is 1.57. The first-order chi connectivity index (χ1) is 8.27. The lowest BCUT2D eigenvalue weighted by atomic mass is 10.3. The molecule has 1 aromatic carbocycles. The van der Waals surface area contributed by atoms with Crippen LogP contribution < -0.4 is 4.72 Å². The van der Waals surface area contributed by atoms with Crippen molar-refractivity contribution in [2.75, 3.05) is 6.54 Å². The lowest BCUT2D eigenvalue weighted by Gasteiger charge is -2.06. The molecule has 8 heteroatoms. The van der Waals surface area contributed by atoms with Gasteiger partial charge >= 0.3 is 0 Å². The van der Waals surface area contributed by atoms with Crippen molar-refractivity contribution in [2.24, 2.45) is 0 Å². The number of sulfonamides is 1. The molecule has 0 bridgehead atoms. The molecule has 5 nitrogen and oxygen atoms in total. The van der Waals surface area contributed by atoms with Crippen molar-refractivity contribution in [3.8, 4) is 0 Å². The van der Waals surface area contributed by atoms with E-state index >= 15 is 0 Å². The van der Waals surface area contributed by atoms with Gasteiger partial charge in [-0.05, 0) is 24.6 Å². The van der Waals surface area contributed by atoms with Crippen LogP contribution in [0.1, 0.15) is 19.8 Å². The van der Waals surface area contributed by atoms with Crippen LogP contribution in [-0.2, 0) is 19.1 Å². The van der Waals surface area contributed by atoms with E-state index in [9.17, 15) is 16.8 Å². The smallest absolute Gasteiger partial charge is 0.211 e. The zero-order valence-electron chi connectivity index (χ0n) is 9.76. The van der Waals surface area contributed by atoms with Gasteiger partial charge in [-0.1, -0.05) is 19.4 Å². The molecule has 0 atom stereocenters. The molecular formula is C10H14ClNO4S2. The van der Waals surface area contributed by atoms with Crippen LogP contribution in [0.25, 0.3) is 0 Å². The maximum Gasteiger partial charge on any atom is 0.261 e. The molecule has 0 unspecified atom stereocenters. The van der Waals surface area contributed by atoms with Crippen molar-refractivity contribution < 1.29 is 16.8 Å². The zero-order chi connectivity index (χ0) is 13.8. The summed E-state index contributed by atoms with van der Waals surface area (Å²) in [6.45, 7) is 2.26. The van der Waals surface area contributed by atoms with Crippen LogP contribution in [0.2, 0.25) is 0 Å². The number of halogens is 1. The predicted molar refractivity (Wildman–Crippen MR) is 69.6 cm³/mol. The number of hydrogen-bond donors (Lipinski definition) is 1. The third-order valence-electron chi connectivity index (χ3n) is 2.22. The lowest BCUT2D eigenvalue weighted by molar-refractivity contribution is 0.578. The van der Waals surface area contributed by atoms with Gasteiger partial charge in [0.05, 0.1) is 9.79 Å². The second kappa shape index (κ2) is 6.01. The highest BCUT2D eigenvalue weighted by atomic mass is 35.7. The fourth-order valence-corrected chi connectivity index (χ4v) is 3.25. The minimum Gasteiger partial charge on any atom is -0.211 e. The van der Waals surface area contributed by atoms with Gasteiger partial charge in [0, 0.05) is 17.2 Å². The van der Waals surface area contributed by atoms with Gasteiger partial charge in [-0.2, -0.15) is 0 Å². The molecule has 1 rings (SSSR count). The summed E-state index contributed by atoms with van der Waals surface area (Å²) in [5, 5.41) is 0. The second-order valence-corrected chi connectivity index (χ2v) is 8.00. The Kier molecular flexibility index (Phi) is 5.15. The van der Waals surface area contributed by atoms with Gasteiger partial charge in [0.1, 0.15) is 0 Å². The van der Waals surface area contributed by atoms with Crippen LogP contribution in [0.3, 0.4) is 0 Å². The molecule has 0 fully saturated rings. The molecule has 0 spiro atoms. The van der Waals surface area contributed by atoms with E-state index < -0.39 is 19.1 Å². The molecule has 1 N–H and O–H groups in total. The predicted octanol–water partition coefficient (Wildman–Crippen LogP) is 1.69. The lowest BCUT2D eigenvalue weighted by Crippen LogP contribution is -2.24. The van der Waals surface area contributed by atoms with E-state index in [1.165, 1.54) is 18.2 Å². The van der Waals surface area contributed by atoms with E-state index in [0.717, 1.165) is 12.5 Å². The summed E-state index contributed by atoms with van der Waals surface area (Å²) in [4.78, 5) is -0.345. The topological polar surface area (TPSA) is 80.3 Å². The highest BCUT2D eigenvalue weighted by molar-refractivity contribution is 8.13. The van der Waals surface area contributed by atoms with E-state index in [4.69, 9.17) is 10.7 Å². The van der Waals surface area contributed by atoms with E-state index in [-0.39, 0.29) is 9.79 Å². The molecule has 0 heterocycles. The average Bonchev–Trinajstić information content (AvgIpc) is 2.28. The normalized spacial score (nSPS) is 12.6. The van der Waals surface area contributed by atoms with Crippen LogP contribution >= 0.6 is 10.7 Å². The Hall–Kier alpha value is -0.630. The number of nitrogens with one attached hydrogen (secondary N) is 1. The molecule has 0 aromatic heterocycles. The van der Waals surface area contributed by atoms with Crippen LogP contribution in [0, 0.1) is 0 Å². The van der Waals surface area contributed by atoms with Crippen LogP contribution in [0.4, 0.5) is 0 Å². The Morgan fingerprint density at radius 3 is 2.33 bits per heavy atom. The van der Waals surface area contributed by atoms with E-state index in [2.05, 4.69) is 4.72 Å². The Balaban J connectivity index is 3.03. The molecular weight excluding hydrogens is 298 g/mol. The van der Waals surface area contributed by atoms with Gasteiger partial charge in [-0.15, -0.1) is 0 Å². The Labute approximate surface area is 112 Å². The number of rotatable bonds is 6. The van der Waals surface area contributed by atoms with Gasteiger partial charge in [0.15, 0.2) is 0 Å². The minimum atomic E-state index is -3.93. The molecule has 0 aliphatic heterocycles. The second-order valence-electron chi connectivity index (χ2n) is 3.66. The standard InChI is InChI=1S/C10H14ClNO4S2/c1-2-3-7-12-18(15,16)10-6-4-5-9(8-10)17(11,13)14/h4-6,8,12H,2-3,7H2,1H3. The molecule has 18 heavy (non-hydrogen) atoms. The Morgan fingerprint density at radius 1 is 1.17 bits per heavy atom. The highest BCUT2D eigenvalue weighted by Gasteiger charge is 2.17. The molecule has 0 saturated carbocycles. The number of unbranched alkanes of at least 4 members (excludes halogenated alkanes) is 1. The Bertz CT molecular complexity index is 611. The fraction of sp³-hybridized carbons (Fsp3) is 0.400. The molecule has 1 aromatic rings. The first kappa shape index (κ1) is 15.4. The first-order valence-electron chi connectivity index (χ1n) is 5.32. The zero-order valence-corrected chi connectivity index (χ0v) is 12.1. The van der Waals surface area contributed by atoms with Gasteiger partial charge in [-0.25, -0.2) is 21.6 Å². The molecule has 0 aliphatic carbocycles. The highest BCUT2D eigenvalue weighted by Crippen LogP contribution is 2.18. The van der Waals surface area contributed by atoms with Crippen molar-refractivity contribution in [3.63, 3.8) is 0 Å². The summed E-state index contributed by atoms with van der Waals surface area (Å²) >= 11 is 0. The summed E-state index contributed by atoms with van der Waals surface area (Å²) in [7, 11) is -2.45. The largest absolute Gasteiger partial charge is 0.261 e. The van der Waals surface area contributed by atoms with Crippen LogP contribution in [-0.4, -0.2) is 23.4 Å². The molecule has 102 valence electrons. The van der Waals surface area contributed by atoms with Crippen molar-refractivity contribution in [2.45, 2.75) is 29.6 Å². The maximum atomic E-state index is 11.8. The number of benzene rings is 1. The van der Waals surface area contributed by atoms with Gasteiger partial charge in [0.2, 0.25) is 10.0 Å². The van der Waals surface area contributed by atoms with Crippen molar-refractivity contribution in [1.82, 2.24) is 4.72 Å². The quantitative estimate of drug-likeness (QED) is 0.640. The molecule has 0 aliphatic rings. The molecule has 0 radical (unpaired) electrons. The monoisotopic (exact) mass is 311 g/mol. The summed E-state index contributed by atoms with van der Waals surface area (Å²) in [5.41, 5.74) is 0. The van der Waals surface area contributed by atoms with Gasteiger partial charge in [0.25, 0.3) is 9.05 Å². The van der Waals surface area contributed by atoms with Crippen molar-refractivity contribution in [3.05, 3.63) is 24.3 Å². The van der Waals surface area contributed by atoms with Crippen molar-refractivity contribution >= 4 is 29.8 Å². The Morgan fingerprint density at radius 2 is 1.78 bits per heavy atom. The average molecular weight is 312 g/mol. The van der Waals surface area contributed by atoms with Gasteiger partial charge in [-0.3, -0.25) is 0 Å². The van der Waals surface area contributed by atoms with E-state index in [1.807, 2.05) is 6.92 Å². The third-order valence-corrected chi connectivity index (χ3v) is 5.03. The first-order valence-corrected chi connectivity index (χ1v) is 9.11. The van der Waals surface area contributed by atoms with Crippen LogP contribution in [0.5, 0.6) is 0 Å². The van der Waals surface area contributed by atoms with E-state index in [0.29, 0.717) is 13.0 Å². The minimum absolute atomic E-state index is 0.111. The fourth-order valence-electron chi connectivity index (χ4n) is 1.26. The molecule has 0 amide bonds. The summed E-state index contributed by atoms with van der Waals surface area (Å²) in [6, 6.07) is 4.94. The van der Waals surface area contributed by atoms with Crippen LogP contribution in [0.15, 0.2) is 34.1 Å². The summed E-state index contributed by atoms with van der Waals surface area (Å²) < 4.78 is 48.3. The number of hydrogen-bond acceptors (Lipinski definition) is 4. The molecule has 0 saturated heterocycles. The van der Waals surface area contributed by atoms with Gasteiger partial charge < -0.3 is 0 Å². The summed E-state index contributed by atoms with van der Waals surface area (Å²) in [5.74, 6) is 0. The van der Waals surface area contributed by atoms with E-state index in [1.54, 1.807) is 0 Å². The third kappa shape index (κ3) is 4.24. The van der Waals surface area contributed by atoms with Crippen molar-refractivity contribution in [1.29, 1.82) is 0 Å². The maximum absolute atomic E-state index is 11.8. The SMILES string of the molecule is CCCCNS(=O)(=O)c1cccc(S(=O)(=O)Cl)c1.